The van der Waals surface area contributed by atoms with Crippen molar-refractivity contribution in [2.75, 3.05) is 6.54 Å². The molecule has 0 amide bonds. The van der Waals surface area contributed by atoms with Crippen molar-refractivity contribution in [3.8, 4) is 0 Å². The quantitative estimate of drug-likeness (QED) is 0.211. The van der Waals surface area contributed by atoms with Crippen LogP contribution in [0, 0.1) is 86.8 Å². The van der Waals surface area contributed by atoms with E-state index in [1.54, 1.807) is 29.2 Å². The van der Waals surface area contributed by atoms with Crippen molar-refractivity contribution in [3.63, 3.8) is 0 Å². The summed E-state index contributed by atoms with van der Waals surface area (Å²) in [5, 5.41) is 24.5. The smallest absolute Gasteiger partial charge is 0.0937 e. The van der Waals surface area contributed by atoms with Gasteiger partial charge in [-0.1, -0.05) is 105 Å². The number of piperidine rings is 1. The molecule has 2 unspecified atom stereocenters. The van der Waals surface area contributed by atoms with Gasteiger partial charge in [0.25, 0.3) is 0 Å². The fraction of sp³-hybridized carbons (Fsp3) is 0.898. The van der Waals surface area contributed by atoms with Gasteiger partial charge in [-0.25, -0.2) is 0 Å². The first kappa shape index (κ1) is 45.5. The van der Waals surface area contributed by atoms with Crippen LogP contribution in [0.15, 0.2) is 34.4 Å². The van der Waals surface area contributed by atoms with E-state index in [0.29, 0.717) is 52.7 Å². The maximum absolute atomic E-state index is 10.3. The van der Waals surface area contributed by atoms with Gasteiger partial charge < -0.3 is 25.0 Å². The van der Waals surface area contributed by atoms with Crippen LogP contribution in [-0.4, -0.2) is 58.4 Å². The highest BCUT2D eigenvalue weighted by Gasteiger charge is 2.84. The Balaban J connectivity index is 0.000000143. The van der Waals surface area contributed by atoms with Gasteiger partial charge in [-0.15, -0.1) is 0 Å². The lowest BCUT2D eigenvalue weighted by Crippen LogP contribution is -2.50. The first-order valence-electron chi connectivity index (χ1n) is 28.0. The van der Waals surface area contributed by atoms with Crippen LogP contribution in [-0.2, 0) is 9.47 Å². The summed E-state index contributed by atoms with van der Waals surface area (Å²) in [6.45, 7) is 23.5. The molecular weight excluding hydrogens is 787 g/mol. The topological polar surface area (TPSA) is 71.0 Å². The molecule has 3 spiro atoms. The highest BCUT2D eigenvalue weighted by Crippen LogP contribution is 2.87. The number of ether oxygens (including phenoxy) is 2. The number of nitrogens with one attached hydrogen (secondary N) is 1. The molecule has 7 saturated carbocycles. The number of hydrogen-bond donors (Lipinski definition) is 3. The van der Waals surface area contributed by atoms with Crippen molar-refractivity contribution in [3.05, 3.63) is 34.4 Å². The first-order valence-corrected chi connectivity index (χ1v) is 27.3. The fourth-order valence-corrected chi connectivity index (χ4v) is 20.6. The average Bonchev–Trinajstić information content (AvgIpc) is 3.57. The number of aliphatic hydroxyl groups is 2. The van der Waals surface area contributed by atoms with Gasteiger partial charge in [0, 0.05) is 18.7 Å². The van der Waals surface area contributed by atoms with E-state index in [-0.39, 0.29) is 30.8 Å². The maximum Gasteiger partial charge on any atom is 0.0937 e. The largest absolute Gasteiger partial charge is 0.393 e. The maximum atomic E-state index is 10.3. The van der Waals surface area contributed by atoms with Crippen molar-refractivity contribution in [2.45, 2.75) is 240 Å². The van der Waals surface area contributed by atoms with Crippen LogP contribution in [0.3, 0.4) is 0 Å². The SMILES string of the molecule is C.CC1=C2C[C@H]3[C@@H](CC=C4C[C@@H](O)CC[C@@]43C)[C@@H]2CC[C@]12O[C@@H]1C[C@H](C)CN[C@H]1[C@H]2C.C[C@@H]1CC[C@H]2[C@@H](C)[C@@]3(CC[C@H]4[C@@H]5CC=C6C[C@@H](O)CC[C@]6(C)[C@H]5CC45CC53C)O[C@@H]2C1.[2H]CC. The molecule has 22 atom stereocenters. The molecule has 3 aliphatic heterocycles. The van der Waals surface area contributed by atoms with Gasteiger partial charge in [-0.05, 0) is 210 Å². The summed E-state index contributed by atoms with van der Waals surface area (Å²) in [5.74, 6) is 8.71. The molecule has 0 aromatic rings. The molecule has 0 bridgehead atoms. The number of allylic oxidation sites excluding steroid dienone is 3. The van der Waals surface area contributed by atoms with Gasteiger partial charge in [0.2, 0.25) is 0 Å². The Morgan fingerprint density at radius 3 is 2.06 bits per heavy atom. The van der Waals surface area contributed by atoms with Crippen LogP contribution in [0.4, 0.5) is 0 Å². The zero-order chi connectivity index (χ0) is 44.9. The minimum Gasteiger partial charge on any atom is -0.393 e. The third-order valence-corrected chi connectivity index (χ3v) is 24.1. The lowest BCUT2D eigenvalue weighted by atomic mass is 9.56. The lowest BCUT2D eigenvalue weighted by Gasteiger charge is -2.50. The van der Waals surface area contributed by atoms with E-state index in [9.17, 15) is 10.2 Å². The number of rotatable bonds is 0. The molecular formula is C59H95NO4. The number of fused-ring (bicyclic) bond motifs is 12. The van der Waals surface area contributed by atoms with E-state index in [1.807, 2.05) is 0 Å². The Hall–Kier alpha value is -0.980. The molecule has 13 rings (SSSR count). The summed E-state index contributed by atoms with van der Waals surface area (Å²) in [5.41, 5.74) is 8.35. The van der Waals surface area contributed by atoms with Gasteiger partial charge in [0.1, 0.15) is 0 Å². The summed E-state index contributed by atoms with van der Waals surface area (Å²) in [4.78, 5) is 0. The molecule has 360 valence electrons. The van der Waals surface area contributed by atoms with Crippen LogP contribution < -0.4 is 5.32 Å². The summed E-state index contributed by atoms with van der Waals surface area (Å²) < 4.78 is 20.5. The zero-order valence-electron chi connectivity index (χ0n) is 42.5. The highest BCUT2D eigenvalue weighted by molar-refractivity contribution is 5.39. The van der Waals surface area contributed by atoms with E-state index in [0.717, 1.165) is 91.4 Å². The van der Waals surface area contributed by atoms with E-state index in [1.165, 1.54) is 96.3 Å². The summed E-state index contributed by atoms with van der Waals surface area (Å²) in [6.07, 6.45) is 29.4. The normalized spacial score (nSPS) is 57.1. The molecule has 10 aliphatic carbocycles. The lowest BCUT2D eigenvalue weighted by molar-refractivity contribution is -0.147. The van der Waals surface area contributed by atoms with Crippen LogP contribution in [0.1, 0.15) is 200 Å². The minimum atomic E-state index is -0.111. The van der Waals surface area contributed by atoms with Gasteiger partial charge in [-0.2, -0.15) is 0 Å². The number of hydrogen-bond acceptors (Lipinski definition) is 5. The van der Waals surface area contributed by atoms with Gasteiger partial charge in [0.05, 0.1) is 35.6 Å². The fourth-order valence-electron chi connectivity index (χ4n) is 20.6. The molecule has 3 N–H and O–H groups in total. The second kappa shape index (κ2) is 16.0. The predicted molar refractivity (Wildman–Crippen MR) is 262 cm³/mol. The second-order valence-electron chi connectivity index (χ2n) is 26.1. The monoisotopic (exact) mass is 883 g/mol. The molecule has 64 heavy (non-hydrogen) atoms. The third-order valence-electron chi connectivity index (χ3n) is 24.1. The summed E-state index contributed by atoms with van der Waals surface area (Å²) >= 11 is 0. The van der Waals surface area contributed by atoms with Crippen molar-refractivity contribution in [1.82, 2.24) is 5.32 Å². The molecule has 3 heterocycles. The molecule has 5 nitrogen and oxygen atoms in total. The Morgan fingerprint density at radius 1 is 0.703 bits per heavy atom. The van der Waals surface area contributed by atoms with Crippen molar-refractivity contribution >= 4 is 0 Å². The third kappa shape index (κ3) is 6.22. The molecule has 3 saturated heterocycles. The van der Waals surface area contributed by atoms with E-state index in [2.05, 4.69) is 72.9 Å². The number of aliphatic hydroxyl groups excluding tert-OH is 2. The molecule has 13 aliphatic rings. The second-order valence-corrected chi connectivity index (χ2v) is 26.1. The van der Waals surface area contributed by atoms with Crippen molar-refractivity contribution < 1.29 is 21.1 Å². The van der Waals surface area contributed by atoms with E-state index >= 15 is 0 Å². The van der Waals surface area contributed by atoms with Crippen LogP contribution in [0.5, 0.6) is 0 Å². The molecule has 0 aromatic heterocycles. The summed E-state index contributed by atoms with van der Waals surface area (Å²) in [6, 6.07) is 0.530. The van der Waals surface area contributed by atoms with Gasteiger partial charge >= 0.3 is 0 Å². The first-order chi connectivity index (χ1) is 30.5. The highest BCUT2D eigenvalue weighted by atomic mass is 16.5. The van der Waals surface area contributed by atoms with Crippen LogP contribution >= 0.6 is 0 Å². The molecule has 0 radical (unpaired) electrons. The van der Waals surface area contributed by atoms with Crippen LogP contribution in [0.2, 0.25) is 0 Å². The van der Waals surface area contributed by atoms with Gasteiger partial charge in [0.15, 0.2) is 0 Å². The zero-order valence-corrected chi connectivity index (χ0v) is 41.5. The van der Waals surface area contributed by atoms with Crippen molar-refractivity contribution in [2.24, 2.45) is 86.8 Å². The minimum absolute atomic E-state index is 0. The van der Waals surface area contributed by atoms with Crippen molar-refractivity contribution in [1.29, 1.82) is 0 Å². The van der Waals surface area contributed by atoms with Gasteiger partial charge in [-0.3, -0.25) is 0 Å². The van der Waals surface area contributed by atoms with Crippen LogP contribution in [0.25, 0.3) is 0 Å². The van der Waals surface area contributed by atoms with E-state index in [4.69, 9.17) is 10.8 Å². The molecule has 5 heteroatoms. The Morgan fingerprint density at radius 2 is 1.36 bits per heavy atom. The molecule has 0 aromatic carbocycles. The Bertz CT molecular complexity index is 1930. The summed E-state index contributed by atoms with van der Waals surface area (Å²) in [7, 11) is 0. The predicted octanol–water partition coefficient (Wildman–Crippen LogP) is 13.2. The average molecular weight is 883 g/mol. The Labute approximate surface area is 393 Å². The molecule has 10 fully saturated rings. The Kier molecular flexibility index (Phi) is 11.4. The standard InChI is InChI=1S/C29H44O2.C27H41NO2.C2H6.CH4/c1-17-5-7-21-18(2)29(31-25(21)13-17)12-10-23-22-8-6-19-14-20(30)9-11-26(19,3)24(22)15-28(23)16-27(28,29)4;1-15-11-24-25(28-14-15)17(3)27(30-24)10-8-20-21-6-5-18-12-19(29)7-9-26(18,4)23(21)13-22(20)16(27)2;1-2;/h6,17-18,20-25,30H,5,7-16H2,1-4H3;5,15,17,19-21,23-25,28-29H,6-14H2,1-4H3;1-2H3;1H4/t17-,18-,20+,21+,22+,23+,24+,25-,26+,27?,28?,29-;15-,17+,19-,20-,21-,23-,24+,25-,26-,27-;;/m10../s1/i;;1D;. The van der Waals surface area contributed by atoms with E-state index < -0.39 is 0 Å².